The predicted molar refractivity (Wildman–Crippen MR) is 77.0 cm³/mol. The highest BCUT2D eigenvalue weighted by Crippen LogP contribution is 2.21. The number of nitrogens with one attached hydrogen (secondary N) is 2. The Morgan fingerprint density at radius 2 is 1.65 bits per heavy atom. The van der Waals surface area contributed by atoms with Gasteiger partial charge in [0, 0.05) is 17.3 Å². The van der Waals surface area contributed by atoms with E-state index in [1.54, 1.807) is 18.2 Å². The van der Waals surface area contributed by atoms with Crippen LogP contribution in [0.2, 0.25) is 5.02 Å². The van der Waals surface area contributed by atoms with Crippen LogP contribution in [-0.4, -0.2) is 11.8 Å². The first-order chi connectivity index (χ1) is 9.63. The van der Waals surface area contributed by atoms with E-state index >= 15 is 0 Å². The Labute approximate surface area is 120 Å². The van der Waals surface area contributed by atoms with Crippen LogP contribution in [0.15, 0.2) is 42.5 Å². The fourth-order valence-corrected chi connectivity index (χ4v) is 2.21. The molecule has 3 rings (SSSR count). The molecule has 0 radical (unpaired) electrons. The van der Waals surface area contributed by atoms with E-state index in [1.807, 2.05) is 24.3 Å². The summed E-state index contributed by atoms with van der Waals surface area (Å²) in [4.78, 5) is 23.0. The van der Waals surface area contributed by atoms with Gasteiger partial charge in [0.15, 0.2) is 0 Å². The quantitative estimate of drug-likeness (QED) is 0.853. The van der Waals surface area contributed by atoms with Gasteiger partial charge < -0.3 is 5.32 Å². The highest BCUT2D eigenvalue weighted by molar-refractivity contribution is 6.30. The van der Waals surface area contributed by atoms with Crippen LogP contribution < -0.4 is 10.6 Å². The van der Waals surface area contributed by atoms with Gasteiger partial charge in [0.1, 0.15) is 0 Å². The molecular weight excluding hydrogens is 276 g/mol. The summed E-state index contributed by atoms with van der Waals surface area (Å²) in [5.74, 6) is -0.686. The largest absolute Gasteiger partial charge is 0.381 e. The van der Waals surface area contributed by atoms with Gasteiger partial charge >= 0.3 is 0 Å². The van der Waals surface area contributed by atoms with Crippen molar-refractivity contribution in [3.8, 4) is 0 Å². The maximum absolute atomic E-state index is 11.6. The molecule has 0 aromatic heterocycles. The molecule has 4 nitrogen and oxygen atoms in total. The number of imide groups is 1. The number of carbonyl (C=O) groups excluding carboxylic acids is 2. The summed E-state index contributed by atoms with van der Waals surface area (Å²) in [5.41, 5.74) is 2.71. The first kappa shape index (κ1) is 12.7. The minimum Gasteiger partial charge on any atom is -0.381 e. The summed E-state index contributed by atoms with van der Waals surface area (Å²) in [6, 6.07) is 12.6. The number of hydrogen-bond donors (Lipinski definition) is 2. The Morgan fingerprint density at radius 1 is 0.950 bits per heavy atom. The molecule has 0 bridgehead atoms. The molecule has 20 heavy (non-hydrogen) atoms. The maximum atomic E-state index is 11.6. The highest BCUT2D eigenvalue weighted by Gasteiger charge is 2.26. The van der Waals surface area contributed by atoms with Crippen molar-refractivity contribution in [1.29, 1.82) is 0 Å². The van der Waals surface area contributed by atoms with Crippen LogP contribution >= 0.6 is 11.6 Å². The zero-order valence-electron chi connectivity index (χ0n) is 10.4. The van der Waals surface area contributed by atoms with E-state index in [1.165, 1.54) is 0 Å². The molecule has 1 aliphatic rings. The molecule has 0 fully saturated rings. The fourth-order valence-electron chi connectivity index (χ4n) is 2.08. The molecule has 2 amide bonds. The van der Waals surface area contributed by atoms with Gasteiger partial charge in [0.2, 0.25) is 0 Å². The summed E-state index contributed by atoms with van der Waals surface area (Å²) in [7, 11) is 0. The van der Waals surface area contributed by atoms with E-state index in [-0.39, 0.29) is 11.8 Å². The Morgan fingerprint density at radius 3 is 2.40 bits per heavy atom. The summed E-state index contributed by atoms with van der Waals surface area (Å²) in [6.45, 7) is 0.617. The number of fused-ring (bicyclic) bond motifs is 1. The molecule has 2 aromatic carbocycles. The normalized spacial score (nSPS) is 13.1. The van der Waals surface area contributed by atoms with E-state index in [0.717, 1.165) is 11.3 Å². The van der Waals surface area contributed by atoms with Gasteiger partial charge in [-0.05, 0) is 35.9 Å². The Hall–Kier alpha value is -2.33. The van der Waals surface area contributed by atoms with Crippen LogP contribution in [0.1, 0.15) is 26.3 Å². The molecule has 1 aliphatic heterocycles. The Balaban J connectivity index is 1.76. The van der Waals surface area contributed by atoms with Crippen molar-refractivity contribution < 1.29 is 9.59 Å². The minimum atomic E-state index is -0.347. The average Bonchev–Trinajstić information content (AvgIpc) is 2.73. The molecule has 0 atom stereocenters. The third kappa shape index (κ3) is 2.38. The smallest absolute Gasteiger partial charge is 0.259 e. The van der Waals surface area contributed by atoms with Crippen LogP contribution in [-0.2, 0) is 6.54 Å². The lowest BCUT2D eigenvalue weighted by Gasteiger charge is -2.07. The van der Waals surface area contributed by atoms with Gasteiger partial charge in [-0.15, -0.1) is 0 Å². The maximum Gasteiger partial charge on any atom is 0.259 e. The molecule has 1 heterocycles. The second-order valence-electron chi connectivity index (χ2n) is 4.52. The lowest BCUT2D eigenvalue weighted by atomic mass is 10.1. The second kappa shape index (κ2) is 4.98. The van der Waals surface area contributed by atoms with Crippen molar-refractivity contribution in [2.24, 2.45) is 0 Å². The zero-order chi connectivity index (χ0) is 14.1. The van der Waals surface area contributed by atoms with Crippen molar-refractivity contribution in [3.05, 3.63) is 64.2 Å². The third-order valence-electron chi connectivity index (χ3n) is 3.15. The molecule has 0 saturated carbocycles. The first-order valence-corrected chi connectivity index (χ1v) is 6.49. The minimum absolute atomic E-state index is 0.339. The van der Waals surface area contributed by atoms with Crippen molar-refractivity contribution in [2.45, 2.75) is 6.54 Å². The van der Waals surface area contributed by atoms with E-state index in [9.17, 15) is 9.59 Å². The van der Waals surface area contributed by atoms with Crippen molar-refractivity contribution in [3.63, 3.8) is 0 Å². The van der Waals surface area contributed by atoms with Crippen LogP contribution in [0, 0.1) is 0 Å². The topological polar surface area (TPSA) is 58.2 Å². The Bertz CT molecular complexity index is 696. The van der Waals surface area contributed by atoms with Crippen LogP contribution in [0.4, 0.5) is 5.69 Å². The van der Waals surface area contributed by atoms with Gasteiger partial charge in [0.05, 0.1) is 11.1 Å². The molecule has 0 aliphatic carbocycles. The van der Waals surface area contributed by atoms with Gasteiger partial charge in [-0.2, -0.15) is 0 Å². The lowest BCUT2D eigenvalue weighted by molar-refractivity contribution is 0.0879. The molecule has 2 aromatic rings. The fraction of sp³-hybridized carbons (Fsp3) is 0.0667. The molecule has 100 valence electrons. The van der Waals surface area contributed by atoms with Crippen molar-refractivity contribution in [2.75, 3.05) is 5.32 Å². The van der Waals surface area contributed by atoms with Gasteiger partial charge in [-0.25, -0.2) is 0 Å². The van der Waals surface area contributed by atoms with Gasteiger partial charge in [-0.3, -0.25) is 14.9 Å². The molecule has 5 heteroatoms. The van der Waals surface area contributed by atoms with Crippen LogP contribution in [0.5, 0.6) is 0 Å². The van der Waals surface area contributed by atoms with E-state index < -0.39 is 0 Å². The second-order valence-corrected chi connectivity index (χ2v) is 4.96. The van der Waals surface area contributed by atoms with E-state index in [2.05, 4.69) is 10.6 Å². The molecule has 2 N–H and O–H groups in total. The summed E-state index contributed by atoms with van der Waals surface area (Å²) >= 11 is 5.83. The van der Waals surface area contributed by atoms with Gasteiger partial charge in [-0.1, -0.05) is 23.7 Å². The van der Waals surface area contributed by atoms with Crippen molar-refractivity contribution in [1.82, 2.24) is 5.32 Å². The first-order valence-electron chi connectivity index (χ1n) is 6.11. The van der Waals surface area contributed by atoms with Crippen LogP contribution in [0.25, 0.3) is 0 Å². The summed E-state index contributed by atoms with van der Waals surface area (Å²) in [5, 5.41) is 6.18. The SMILES string of the molecule is O=C1NC(=O)c2cc(NCc3ccc(Cl)cc3)ccc21. The molecule has 0 saturated heterocycles. The predicted octanol–water partition coefficient (Wildman–Crippen LogP) is 2.84. The van der Waals surface area contributed by atoms with Crippen molar-refractivity contribution >= 4 is 29.1 Å². The number of hydrogen-bond acceptors (Lipinski definition) is 3. The number of benzene rings is 2. The lowest BCUT2D eigenvalue weighted by Crippen LogP contribution is -2.19. The monoisotopic (exact) mass is 286 g/mol. The highest BCUT2D eigenvalue weighted by atomic mass is 35.5. The Kier molecular flexibility index (Phi) is 3.16. The molecule has 0 spiro atoms. The zero-order valence-corrected chi connectivity index (χ0v) is 11.2. The number of anilines is 1. The van der Waals surface area contributed by atoms with Crippen LogP contribution in [0.3, 0.4) is 0 Å². The number of amides is 2. The van der Waals surface area contributed by atoms with Gasteiger partial charge in [0.25, 0.3) is 11.8 Å². The number of halogens is 1. The third-order valence-corrected chi connectivity index (χ3v) is 3.40. The number of carbonyl (C=O) groups is 2. The molecule has 0 unspecified atom stereocenters. The standard InChI is InChI=1S/C15H11ClN2O2/c16-10-3-1-9(2-4-10)8-17-11-5-6-12-13(7-11)15(20)18-14(12)19/h1-7,17H,8H2,(H,18,19,20). The summed E-state index contributed by atoms with van der Waals surface area (Å²) in [6.07, 6.45) is 0. The average molecular weight is 287 g/mol. The van der Waals surface area contributed by atoms with E-state index in [4.69, 9.17) is 11.6 Å². The molecular formula is C15H11ClN2O2. The van der Waals surface area contributed by atoms with E-state index in [0.29, 0.717) is 22.7 Å². The number of rotatable bonds is 3. The summed E-state index contributed by atoms with van der Waals surface area (Å²) < 4.78 is 0.